The van der Waals surface area contributed by atoms with Crippen LogP contribution in [-0.2, 0) is 0 Å². The molecular weight excluding hydrogens is 212 g/mol. The van der Waals surface area contributed by atoms with Gasteiger partial charge in [-0.3, -0.25) is 0 Å². The number of phenolic OH excluding ortho intramolecular Hbond substituents is 1. The van der Waals surface area contributed by atoms with Gasteiger partial charge in [-0.25, -0.2) is 9.59 Å². The number of rotatable bonds is 2. The van der Waals surface area contributed by atoms with Crippen LogP contribution in [0.4, 0.5) is 10.5 Å². The average Bonchev–Trinajstić information content (AvgIpc) is 2.20. The van der Waals surface area contributed by atoms with Crippen LogP contribution in [0.2, 0.25) is 0 Å². The Morgan fingerprint density at radius 3 is 2.38 bits per heavy atom. The van der Waals surface area contributed by atoms with Gasteiger partial charge in [-0.2, -0.15) is 0 Å². The Balaban J connectivity index is 2.91. The number of anilines is 1. The summed E-state index contributed by atoms with van der Waals surface area (Å²) < 4.78 is 0. The maximum atomic E-state index is 11.3. The molecule has 0 saturated heterocycles. The molecule has 16 heavy (non-hydrogen) atoms. The van der Waals surface area contributed by atoms with Crippen LogP contribution < -0.4 is 5.32 Å². The zero-order chi connectivity index (χ0) is 12.3. The van der Waals surface area contributed by atoms with Crippen molar-refractivity contribution in [3.63, 3.8) is 0 Å². The third-order valence-corrected chi connectivity index (χ3v) is 1.89. The first-order chi connectivity index (χ1) is 7.41. The summed E-state index contributed by atoms with van der Waals surface area (Å²) in [5.41, 5.74) is 0.129. The first-order valence-electron chi connectivity index (χ1n) is 4.46. The van der Waals surface area contributed by atoms with Gasteiger partial charge in [0.15, 0.2) is 0 Å². The predicted octanol–water partition coefficient (Wildman–Crippen LogP) is 1.18. The van der Waals surface area contributed by atoms with E-state index in [2.05, 4.69) is 5.32 Å². The molecule has 3 N–H and O–H groups in total. The molecule has 0 fully saturated rings. The second-order valence-corrected chi connectivity index (χ2v) is 3.36. The number of carbonyl (C=O) groups excluding carboxylic acids is 1. The van der Waals surface area contributed by atoms with Crippen molar-refractivity contribution in [1.29, 1.82) is 0 Å². The third-order valence-electron chi connectivity index (χ3n) is 1.89. The second-order valence-electron chi connectivity index (χ2n) is 3.36. The Hall–Kier alpha value is -2.24. The van der Waals surface area contributed by atoms with Crippen LogP contribution in [0, 0.1) is 0 Å². The molecule has 0 saturated carbocycles. The quantitative estimate of drug-likeness (QED) is 0.658. The standard InChI is InChI=1S/C10H12N2O4/c1-12(2)10(16)11-7-4-3-6(9(14)15)5-8(7)13/h3-5,13H,1-2H3,(H,11,16)(H,14,15). The number of amides is 2. The van der Waals surface area contributed by atoms with Gasteiger partial charge in [0, 0.05) is 14.1 Å². The van der Waals surface area contributed by atoms with Crippen LogP contribution in [0.1, 0.15) is 10.4 Å². The highest BCUT2D eigenvalue weighted by Gasteiger charge is 2.10. The fourth-order valence-corrected chi connectivity index (χ4v) is 0.997. The minimum absolute atomic E-state index is 0.0413. The zero-order valence-corrected chi connectivity index (χ0v) is 8.89. The van der Waals surface area contributed by atoms with Gasteiger partial charge in [0.25, 0.3) is 0 Å². The van der Waals surface area contributed by atoms with Crippen molar-refractivity contribution < 1.29 is 19.8 Å². The Labute approximate surface area is 92.1 Å². The van der Waals surface area contributed by atoms with Gasteiger partial charge < -0.3 is 20.4 Å². The van der Waals surface area contributed by atoms with Crippen LogP contribution >= 0.6 is 0 Å². The van der Waals surface area contributed by atoms with Crippen LogP contribution in [0.3, 0.4) is 0 Å². The Kier molecular flexibility index (Phi) is 3.34. The molecule has 0 bridgehead atoms. The molecule has 0 aliphatic rings. The van der Waals surface area contributed by atoms with Crippen molar-refractivity contribution in [2.45, 2.75) is 0 Å². The Bertz CT molecular complexity index is 429. The molecule has 0 aliphatic carbocycles. The second kappa shape index (κ2) is 4.52. The number of nitrogens with one attached hydrogen (secondary N) is 1. The summed E-state index contributed by atoms with van der Waals surface area (Å²) in [4.78, 5) is 23.2. The number of nitrogens with zero attached hydrogens (tertiary/aromatic N) is 1. The van der Waals surface area contributed by atoms with Gasteiger partial charge in [-0.1, -0.05) is 0 Å². The zero-order valence-electron chi connectivity index (χ0n) is 8.89. The lowest BCUT2D eigenvalue weighted by atomic mass is 10.2. The van der Waals surface area contributed by atoms with Crippen LogP contribution in [0.15, 0.2) is 18.2 Å². The molecule has 1 rings (SSSR count). The molecule has 1 aromatic rings. The predicted molar refractivity (Wildman–Crippen MR) is 57.8 cm³/mol. The largest absolute Gasteiger partial charge is 0.506 e. The summed E-state index contributed by atoms with van der Waals surface area (Å²) in [6.07, 6.45) is 0. The molecule has 1 aromatic carbocycles. The first-order valence-corrected chi connectivity index (χ1v) is 4.46. The Morgan fingerprint density at radius 1 is 1.31 bits per heavy atom. The highest BCUT2D eigenvalue weighted by Crippen LogP contribution is 2.24. The number of hydrogen-bond donors (Lipinski definition) is 3. The molecule has 6 nitrogen and oxygen atoms in total. The van der Waals surface area contributed by atoms with Crippen molar-refractivity contribution in [1.82, 2.24) is 4.90 Å². The van der Waals surface area contributed by atoms with Gasteiger partial charge >= 0.3 is 12.0 Å². The van der Waals surface area contributed by atoms with Crippen LogP contribution in [0.5, 0.6) is 5.75 Å². The smallest absolute Gasteiger partial charge is 0.335 e. The number of carbonyl (C=O) groups is 2. The lowest BCUT2D eigenvalue weighted by Gasteiger charge is -2.13. The maximum absolute atomic E-state index is 11.3. The normalized spacial score (nSPS) is 9.62. The van der Waals surface area contributed by atoms with E-state index < -0.39 is 12.0 Å². The number of hydrogen-bond acceptors (Lipinski definition) is 3. The highest BCUT2D eigenvalue weighted by molar-refractivity contribution is 5.93. The molecule has 0 atom stereocenters. The Morgan fingerprint density at radius 2 is 1.94 bits per heavy atom. The minimum atomic E-state index is -1.14. The number of phenols is 1. The number of aromatic hydroxyl groups is 1. The van der Waals surface area contributed by atoms with Crippen molar-refractivity contribution >= 4 is 17.7 Å². The van der Waals surface area contributed by atoms with Crippen LogP contribution in [0.25, 0.3) is 0 Å². The SMILES string of the molecule is CN(C)C(=O)Nc1ccc(C(=O)O)cc1O. The van der Waals surface area contributed by atoms with E-state index in [1.807, 2.05) is 0 Å². The lowest BCUT2D eigenvalue weighted by Crippen LogP contribution is -2.27. The number of benzene rings is 1. The van der Waals surface area contributed by atoms with E-state index in [1.54, 1.807) is 14.1 Å². The molecule has 6 heteroatoms. The van der Waals surface area contributed by atoms with E-state index >= 15 is 0 Å². The topological polar surface area (TPSA) is 89.9 Å². The van der Waals surface area contributed by atoms with E-state index in [0.29, 0.717) is 0 Å². The van der Waals surface area contributed by atoms with Gasteiger partial charge in [0.05, 0.1) is 11.3 Å². The van der Waals surface area contributed by atoms with E-state index in [9.17, 15) is 14.7 Å². The van der Waals surface area contributed by atoms with Gasteiger partial charge in [0.1, 0.15) is 5.75 Å². The van der Waals surface area contributed by atoms with Gasteiger partial charge in [0.2, 0.25) is 0 Å². The fourth-order valence-electron chi connectivity index (χ4n) is 0.997. The number of aromatic carboxylic acids is 1. The molecule has 0 radical (unpaired) electrons. The molecule has 0 aromatic heterocycles. The van der Waals surface area contributed by atoms with E-state index in [-0.39, 0.29) is 17.0 Å². The summed E-state index contributed by atoms with van der Waals surface area (Å²) in [5, 5.41) is 20.6. The monoisotopic (exact) mass is 224 g/mol. The molecule has 2 amide bonds. The van der Waals surface area contributed by atoms with Crippen molar-refractivity contribution in [2.24, 2.45) is 0 Å². The summed E-state index contributed by atoms with van der Waals surface area (Å²) >= 11 is 0. The van der Waals surface area contributed by atoms with Crippen molar-refractivity contribution in [3.05, 3.63) is 23.8 Å². The van der Waals surface area contributed by atoms with E-state index in [4.69, 9.17) is 5.11 Å². The summed E-state index contributed by atoms with van der Waals surface area (Å²) in [5.74, 6) is -1.42. The molecule has 86 valence electrons. The van der Waals surface area contributed by atoms with Crippen LogP contribution in [-0.4, -0.2) is 41.2 Å². The average molecular weight is 224 g/mol. The van der Waals surface area contributed by atoms with E-state index in [1.165, 1.54) is 17.0 Å². The van der Waals surface area contributed by atoms with E-state index in [0.717, 1.165) is 6.07 Å². The first kappa shape index (κ1) is 11.8. The summed E-state index contributed by atoms with van der Waals surface area (Å²) in [6, 6.07) is 3.31. The summed E-state index contributed by atoms with van der Waals surface area (Å²) in [6.45, 7) is 0. The third kappa shape index (κ3) is 2.63. The lowest BCUT2D eigenvalue weighted by molar-refractivity contribution is 0.0696. The molecule has 0 aliphatic heterocycles. The fraction of sp³-hybridized carbons (Fsp3) is 0.200. The summed E-state index contributed by atoms with van der Waals surface area (Å²) in [7, 11) is 3.11. The number of carboxylic acids is 1. The maximum Gasteiger partial charge on any atom is 0.335 e. The van der Waals surface area contributed by atoms with Crippen molar-refractivity contribution in [2.75, 3.05) is 19.4 Å². The number of urea groups is 1. The minimum Gasteiger partial charge on any atom is -0.506 e. The van der Waals surface area contributed by atoms with Crippen molar-refractivity contribution in [3.8, 4) is 5.75 Å². The van der Waals surface area contributed by atoms with Gasteiger partial charge in [-0.05, 0) is 18.2 Å². The number of carboxylic acid groups (broad SMARTS) is 1. The molecule has 0 spiro atoms. The highest BCUT2D eigenvalue weighted by atomic mass is 16.4. The molecule has 0 unspecified atom stereocenters. The molecule has 0 heterocycles. The van der Waals surface area contributed by atoms with Gasteiger partial charge in [-0.15, -0.1) is 0 Å². The molecular formula is C10H12N2O4.